The van der Waals surface area contributed by atoms with E-state index in [1.54, 1.807) is 31.3 Å². The Morgan fingerprint density at radius 3 is 2.48 bits per heavy atom. The third kappa shape index (κ3) is 2.73. The zero-order valence-electron chi connectivity index (χ0n) is 10.9. The minimum absolute atomic E-state index is 0.0914. The second-order valence-corrected chi connectivity index (χ2v) is 4.13. The van der Waals surface area contributed by atoms with Crippen LogP contribution in [0.15, 0.2) is 40.8 Å². The van der Waals surface area contributed by atoms with Crippen molar-refractivity contribution in [2.24, 2.45) is 7.05 Å². The van der Waals surface area contributed by atoms with Gasteiger partial charge in [0, 0.05) is 18.6 Å². The molecule has 1 aromatic heterocycles. The van der Waals surface area contributed by atoms with Crippen LogP contribution in [0, 0.1) is 0 Å². The van der Waals surface area contributed by atoms with Crippen molar-refractivity contribution in [2.45, 2.75) is 0 Å². The van der Waals surface area contributed by atoms with Gasteiger partial charge in [-0.25, -0.2) is 14.4 Å². The van der Waals surface area contributed by atoms with Gasteiger partial charge in [0.25, 0.3) is 0 Å². The molecule has 0 aliphatic carbocycles. The lowest BCUT2D eigenvalue weighted by atomic mass is 10.2. The van der Waals surface area contributed by atoms with Gasteiger partial charge in [-0.2, -0.15) is 4.98 Å². The number of carboxylic acid groups (broad SMARTS) is 2. The number of rotatable bonds is 4. The highest BCUT2D eigenvalue weighted by Gasteiger charge is 2.16. The number of hydrogen-bond donors (Lipinski definition) is 3. The summed E-state index contributed by atoms with van der Waals surface area (Å²) in [5.41, 5.74) is -0.820. The van der Waals surface area contributed by atoms with E-state index in [-0.39, 0.29) is 5.82 Å². The van der Waals surface area contributed by atoms with Crippen LogP contribution in [0.4, 0.5) is 5.82 Å². The molecule has 0 saturated heterocycles. The monoisotopic (exact) mass is 289 g/mol. The number of anilines is 1. The summed E-state index contributed by atoms with van der Waals surface area (Å²) in [4.78, 5) is 37.0. The maximum absolute atomic E-state index is 11.7. The Balaban J connectivity index is 2.56. The molecule has 3 N–H and O–H groups in total. The average molecular weight is 289 g/mol. The zero-order chi connectivity index (χ0) is 15.6. The molecular weight excluding hydrogens is 278 g/mol. The highest BCUT2D eigenvalue weighted by atomic mass is 16.4. The molecule has 0 fully saturated rings. The van der Waals surface area contributed by atoms with E-state index in [0.717, 1.165) is 6.20 Å². The Bertz CT molecular complexity index is 806. The first-order chi connectivity index (χ1) is 9.91. The van der Waals surface area contributed by atoms with Crippen molar-refractivity contribution in [1.29, 1.82) is 0 Å². The van der Waals surface area contributed by atoms with E-state index in [1.807, 2.05) is 0 Å². The van der Waals surface area contributed by atoms with Crippen LogP contribution in [0.5, 0.6) is 0 Å². The number of fused-ring (bicyclic) bond motifs is 1. The summed E-state index contributed by atoms with van der Waals surface area (Å²) < 4.78 is 1.33. The standard InChI is InChI=1S/C13H11N3O5/c1-16-9-5-3-2-4-7(9)10(15-13(16)21)14-6-8(11(17)18)12(19)20/h2-6H,1H3,(H,17,18)(H,19,20)(H,14,15,21). The molecule has 8 nitrogen and oxygen atoms in total. The number of carboxylic acids is 2. The minimum Gasteiger partial charge on any atom is -0.477 e. The molecule has 8 heteroatoms. The predicted octanol–water partition coefficient (Wildman–Crippen LogP) is 0.399. The highest BCUT2D eigenvalue weighted by Crippen LogP contribution is 2.18. The Hall–Kier alpha value is -3.16. The van der Waals surface area contributed by atoms with Crippen molar-refractivity contribution < 1.29 is 19.8 Å². The lowest BCUT2D eigenvalue weighted by Crippen LogP contribution is -2.22. The topological polar surface area (TPSA) is 122 Å². The predicted molar refractivity (Wildman–Crippen MR) is 74.0 cm³/mol. The van der Waals surface area contributed by atoms with E-state index in [0.29, 0.717) is 10.9 Å². The summed E-state index contributed by atoms with van der Waals surface area (Å²) in [6.07, 6.45) is 0.791. The fraction of sp³-hybridized carbons (Fsp3) is 0.0769. The van der Waals surface area contributed by atoms with Crippen LogP contribution >= 0.6 is 0 Å². The van der Waals surface area contributed by atoms with Crippen molar-refractivity contribution in [2.75, 3.05) is 5.32 Å². The smallest absolute Gasteiger partial charge is 0.349 e. The molecule has 0 bridgehead atoms. The molecule has 21 heavy (non-hydrogen) atoms. The van der Waals surface area contributed by atoms with Crippen LogP contribution < -0.4 is 11.0 Å². The summed E-state index contributed by atoms with van der Waals surface area (Å²) in [5, 5.41) is 20.5. The van der Waals surface area contributed by atoms with Gasteiger partial charge in [0.05, 0.1) is 5.52 Å². The van der Waals surface area contributed by atoms with E-state index in [9.17, 15) is 14.4 Å². The molecule has 0 saturated carbocycles. The molecule has 2 rings (SSSR count). The minimum atomic E-state index is -1.59. The number of hydrogen-bond acceptors (Lipinski definition) is 5. The highest BCUT2D eigenvalue weighted by molar-refractivity contribution is 6.12. The number of benzene rings is 1. The van der Waals surface area contributed by atoms with Gasteiger partial charge in [0.2, 0.25) is 0 Å². The fourth-order valence-electron chi connectivity index (χ4n) is 1.77. The quantitative estimate of drug-likeness (QED) is 0.423. The van der Waals surface area contributed by atoms with Crippen LogP contribution in [0.25, 0.3) is 10.9 Å². The van der Waals surface area contributed by atoms with Crippen molar-refractivity contribution in [3.8, 4) is 0 Å². The van der Waals surface area contributed by atoms with Crippen LogP contribution in [0.2, 0.25) is 0 Å². The molecule has 0 unspecified atom stereocenters. The van der Waals surface area contributed by atoms with Crippen molar-refractivity contribution in [3.63, 3.8) is 0 Å². The molecule has 2 aromatic rings. The van der Waals surface area contributed by atoms with Crippen LogP contribution in [-0.4, -0.2) is 31.7 Å². The molecular formula is C13H11N3O5. The maximum Gasteiger partial charge on any atom is 0.349 e. The Kier molecular flexibility index (Phi) is 3.70. The van der Waals surface area contributed by atoms with Gasteiger partial charge in [0.15, 0.2) is 5.57 Å². The van der Waals surface area contributed by atoms with Crippen molar-refractivity contribution in [1.82, 2.24) is 9.55 Å². The van der Waals surface area contributed by atoms with Gasteiger partial charge in [-0.3, -0.25) is 4.57 Å². The molecule has 0 aliphatic heterocycles. The number of aliphatic carboxylic acids is 2. The van der Waals surface area contributed by atoms with E-state index in [1.165, 1.54) is 4.57 Å². The van der Waals surface area contributed by atoms with Crippen LogP contribution in [-0.2, 0) is 16.6 Å². The molecule has 0 aliphatic rings. The number of nitrogens with one attached hydrogen (secondary N) is 1. The van der Waals surface area contributed by atoms with Crippen molar-refractivity contribution in [3.05, 3.63) is 46.5 Å². The Labute approximate surface area is 118 Å². The van der Waals surface area contributed by atoms with Gasteiger partial charge in [-0.05, 0) is 12.1 Å². The van der Waals surface area contributed by atoms with Gasteiger partial charge >= 0.3 is 17.6 Å². The van der Waals surface area contributed by atoms with Gasteiger partial charge in [0.1, 0.15) is 5.82 Å². The largest absolute Gasteiger partial charge is 0.477 e. The van der Waals surface area contributed by atoms with Crippen molar-refractivity contribution >= 4 is 28.7 Å². The summed E-state index contributed by atoms with van der Waals surface area (Å²) in [6.45, 7) is 0. The maximum atomic E-state index is 11.7. The molecule has 0 atom stereocenters. The Morgan fingerprint density at radius 2 is 1.86 bits per heavy atom. The summed E-state index contributed by atoms with van der Waals surface area (Å²) in [7, 11) is 1.55. The Morgan fingerprint density at radius 1 is 1.24 bits per heavy atom. The number of aryl methyl sites for hydroxylation is 1. The van der Waals surface area contributed by atoms with Gasteiger partial charge < -0.3 is 15.5 Å². The lowest BCUT2D eigenvalue weighted by molar-refractivity contribution is -0.140. The number of nitrogens with zero attached hydrogens (tertiary/aromatic N) is 2. The fourth-order valence-corrected chi connectivity index (χ4v) is 1.77. The van der Waals surface area contributed by atoms with Crippen LogP contribution in [0.1, 0.15) is 0 Å². The number of carbonyl (C=O) groups is 2. The molecule has 0 radical (unpaired) electrons. The number of para-hydroxylation sites is 1. The van der Waals surface area contributed by atoms with Gasteiger partial charge in [-0.15, -0.1) is 0 Å². The SMILES string of the molecule is Cn1c(=O)nc(NC=C(C(=O)O)C(=O)O)c2ccccc21. The molecule has 1 aromatic carbocycles. The molecule has 0 spiro atoms. The second kappa shape index (κ2) is 5.45. The van der Waals surface area contributed by atoms with Gasteiger partial charge in [-0.1, -0.05) is 12.1 Å². The lowest BCUT2D eigenvalue weighted by Gasteiger charge is -2.08. The normalized spacial score (nSPS) is 10.1. The van der Waals surface area contributed by atoms with E-state index in [4.69, 9.17) is 10.2 Å². The zero-order valence-corrected chi connectivity index (χ0v) is 10.9. The average Bonchev–Trinajstić information content (AvgIpc) is 2.43. The first-order valence-corrected chi connectivity index (χ1v) is 5.81. The summed E-state index contributed by atoms with van der Waals surface area (Å²) >= 11 is 0. The van der Waals surface area contributed by atoms with E-state index >= 15 is 0 Å². The summed E-state index contributed by atoms with van der Waals surface area (Å²) in [5.74, 6) is -3.10. The summed E-state index contributed by atoms with van der Waals surface area (Å²) in [6, 6.07) is 6.84. The van der Waals surface area contributed by atoms with Crippen LogP contribution in [0.3, 0.4) is 0 Å². The first-order valence-electron chi connectivity index (χ1n) is 5.81. The third-order valence-electron chi connectivity index (χ3n) is 2.83. The number of aromatic nitrogens is 2. The third-order valence-corrected chi connectivity index (χ3v) is 2.83. The molecule has 0 amide bonds. The van der Waals surface area contributed by atoms with E-state index in [2.05, 4.69) is 10.3 Å². The molecule has 1 heterocycles. The molecule has 108 valence electrons. The first kappa shape index (κ1) is 14.3. The van der Waals surface area contributed by atoms with E-state index < -0.39 is 23.2 Å². The second-order valence-electron chi connectivity index (χ2n) is 4.13.